The van der Waals surface area contributed by atoms with Crippen LogP contribution in [-0.4, -0.2) is 14.9 Å². The molecular formula is C18H20BrN3. The highest BCUT2D eigenvalue weighted by Crippen LogP contribution is 2.33. The average molecular weight is 358 g/mol. The van der Waals surface area contributed by atoms with E-state index >= 15 is 0 Å². The maximum atomic E-state index is 4.85. The summed E-state index contributed by atoms with van der Waals surface area (Å²) in [4.78, 5) is 4.85. The Hall–Kier alpha value is -1.81. The minimum Gasteiger partial charge on any atom is -0.365 e. The molecule has 3 nitrogen and oxygen atoms in total. The van der Waals surface area contributed by atoms with E-state index in [1.807, 2.05) is 12.1 Å². The molecule has 0 fully saturated rings. The minimum atomic E-state index is -0.0459. The van der Waals surface area contributed by atoms with Gasteiger partial charge in [-0.05, 0) is 61.3 Å². The molecule has 2 aromatic heterocycles. The number of aromatic nitrogens is 2. The number of fused-ring (bicyclic) bond motifs is 1. The number of nitrogens with zero attached hydrogens (tertiary/aromatic N) is 2. The second-order valence-electron chi connectivity index (χ2n) is 6.57. The molecule has 3 rings (SSSR count). The van der Waals surface area contributed by atoms with Gasteiger partial charge in [0.1, 0.15) is 17.2 Å². The summed E-state index contributed by atoms with van der Waals surface area (Å²) in [6, 6.07) is 12.4. The highest BCUT2D eigenvalue weighted by molar-refractivity contribution is 9.10. The average Bonchev–Trinajstić information content (AvgIpc) is 2.76. The van der Waals surface area contributed by atoms with Crippen LogP contribution in [0, 0.1) is 6.92 Å². The Morgan fingerprint density at radius 1 is 1.09 bits per heavy atom. The van der Waals surface area contributed by atoms with Gasteiger partial charge in [0.2, 0.25) is 0 Å². The minimum absolute atomic E-state index is 0.0459. The van der Waals surface area contributed by atoms with E-state index in [0.717, 1.165) is 27.2 Å². The number of rotatable bonds is 2. The lowest BCUT2D eigenvalue weighted by Gasteiger charge is -2.23. The second kappa shape index (κ2) is 5.43. The number of benzene rings is 1. The van der Waals surface area contributed by atoms with Gasteiger partial charge in [0.25, 0.3) is 0 Å². The van der Waals surface area contributed by atoms with Gasteiger partial charge >= 0.3 is 0 Å². The summed E-state index contributed by atoms with van der Waals surface area (Å²) in [6.07, 6.45) is 2.05. The molecule has 0 bridgehead atoms. The Labute approximate surface area is 139 Å². The van der Waals surface area contributed by atoms with E-state index in [9.17, 15) is 0 Å². The molecule has 1 aromatic carbocycles. The maximum Gasteiger partial charge on any atom is 0.139 e. The van der Waals surface area contributed by atoms with Gasteiger partial charge in [-0.1, -0.05) is 24.3 Å². The number of anilines is 1. The first-order valence-corrected chi connectivity index (χ1v) is 8.16. The van der Waals surface area contributed by atoms with Crippen LogP contribution in [0.4, 0.5) is 5.82 Å². The monoisotopic (exact) mass is 357 g/mol. The summed E-state index contributed by atoms with van der Waals surface area (Å²) in [7, 11) is 0. The molecule has 0 saturated heterocycles. The van der Waals surface area contributed by atoms with Gasteiger partial charge in [0.15, 0.2) is 0 Å². The fourth-order valence-corrected chi connectivity index (χ4v) is 2.86. The van der Waals surface area contributed by atoms with Gasteiger partial charge in [-0.15, -0.1) is 0 Å². The number of hydrogen-bond donors (Lipinski definition) is 1. The van der Waals surface area contributed by atoms with E-state index in [1.54, 1.807) is 0 Å². The topological polar surface area (TPSA) is 29.3 Å². The quantitative estimate of drug-likeness (QED) is 0.675. The molecule has 22 heavy (non-hydrogen) atoms. The van der Waals surface area contributed by atoms with E-state index in [2.05, 4.69) is 83.8 Å². The molecule has 2 heterocycles. The van der Waals surface area contributed by atoms with Crippen molar-refractivity contribution in [3.8, 4) is 11.3 Å². The molecule has 0 amide bonds. The fraction of sp³-hybridized carbons (Fsp3) is 0.278. The third-order valence-electron chi connectivity index (χ3n) is 3.48. The van der Waals surface area contributed by atoms with Crippen LogP contribution in [0.2, 0.25) is 0 Å². The van der Waals surface area contributed by atoms with Gasteiger partial charge in [-0.3, -0.25) is 4.40 Å². The molecular weight excluding hydrogens is 338 g/mol. The summed E-state index contributed by atoms with van der Waals surface area (Å²) in [5, 5.41) is 3.61. The van der Waals surface area contributed by atoms with Crippen LogP contribution >= 0.6 is 15.9 Å². The predicted molar refractivity (Wildman–Crippen MR) is 96.4 cm³/mol. The zero-order valence-corrected chi connectivity index (χ0v) is 14.9. The molecule has 4 heteroatoms. The van der Waals surface area contributed by atoms with Crippen molar-refractivity contribution >= 4 is 27.4 Å². The Balaban J connectivity index is 2.29. The summed E-state index contributed by atoms with van der Waals surface area (Å²) in [5.74, 6) is 1.03. The van der Waals surface area contributed by atoms with E-state index < -0.39 is 0 Å². The first-order valence-electron chi connectivity index (χ1n) is 7.37. The van der Waals surface area contributed by atoms with Gasteiger partial charge in [0, 0.05) is 21.8 Å². The van der Waals surface area contributed by atoms with Crippen molar-refractivity contribution in [2.24, 2.45) is 0 Å². The van der Waals surface area contributed by atoms with Crippen LogP contribution < -0.4 is 5.32 Å². The Morgan fingerprint density at radius 3 is 2.50 bits per heavy atom. The largest absolute Gasteiger partial charge is 0.365 e. The number of nitrogens with one attached hydrogen (secondary N) is 1. The summed E-state index contributed by atoms with van der Waals surface area (Å²) >= 11 is 3.55. The molecule has 0 aliphatic carbocycles. The Morgan fingerprint density at radius 2 is 1.82 bits per heavy atom. The Bertz CT molecular complexity index is 828. The smallest absolute Gasteiger partial charge is 0.139 e. The lowest BCUT2D eigenvalue weighted by Crippen LogP contribution is -2.27. The highest BCUT2D eigenvalue weighted by Gasteiger charge is 2.20. The fourth-order valence-electron chi connectivity index (χ4n) is 2.52. The second-order valence-corrected chi connectivity index (χ2v) is 7.49. The van der Waals surface area contributed by atoms with Crippen molar-refractivity contribution in [3.05, 3.63) is 52.6 Å². The zero-order valence-electron chi connectivity index (χ0n) is 13.3. The zero-order chi connectivity index (χ0) is 15.9. The third-order valence-corrected chi connectivity index (χ3v) is 3.95. The molecule has 0 aliphatic heterocycles. The summed E-state index contributed by atoms with van der Waals surface area (Å²) in [5.41, 5.74) is 4.27. The number of hydrogen-bond acceptors (Lipinski definition) is 2. The van der Waals surface area contributed by atoms with Crippen LogP contribution in [0.25, 0.3) is 16.9 Å². The first kappa shape index (κ1) is 15.1. The lowest BCUT2D eigenvalue weighted by molar-refractivity contribution is 0.629. The normalized spacial score (nSPS) is 11.9. The van der Waals surface area contributed by atoms with Crippen molar-refractivity contribution in [1.29, 1.82) is 0 Å². The van der Waals surface area contributed by atoms with Gasteiger partial charge in [-0.25, -0.2) is 4.98 Å². The first-order chi connectivity index (χ1) is 10.3. The molecule has 0 spiro atoms. The molecule has 0 saturated carbocycles. The van der Waals surface area contributed by atoms with Gasteiger partial charge < -0.3 is 5.32 Å². The van der Waals surface area contributed by atoms with Crippen molar-refractivity contribution < 1.29 is 0 Å². The standard InChI is InChI=1S/C18H20BrN3/c1-12-7-5-6-8-14(12)16-17(21-18(2,3)4)22-11-13(19)9-10-15(22)20-16/h5-11,21H,1-4H3. The van der Waals surface area contributed by atoms with Crippen molar-refractivity contribution in [2.45, 2.75) is 33.2 Å². The van der Waals surface area contributed by atoms with E-state index in [0.29, 0.717) is 0 Å². The van der Waals surface area contributed by atoms with Crippen molar-refractivity contribution in [1.82, 2.24) is 9.38 Å². The number of halogens is 1. The summed E-state index contributed by atoms with van der Waals surface area (Å²) in [6.45, 7) is 8.60. The number of aryl methyl sites for hydroxylation is 1. The molecule has 0 atom stereocenters. The van der Waals surface area contributed by atoms with Crippen LogP contribution in [0.3, 0.4) is 0 Å². The molecule has 3 aromatic rings. The van der Waals surface area contributed by atoms with E-state index in [4.69, 9.17) is 4.98 Å². The molecule has 0 radical (unpaired) electrons. The molecule has 114 valence electrons. The van der Waals surface area contributed by atoms with Crippen LogP contribution in [0.15, 0.2) is 47.1 Å². The molecule has 1 N–H and O–H groups in total. The molecule has 0 unspecified atom stereocenters. The Kier molecular flexibility index (Phi) is 3.73. The maximum absolute atomic E-state index is 4.85. The van der Waals surface area contributed by atoms with Crippen molar-refractivity contribution in [2.75, 3.05) is 5.32 Å². The summed E-state index contributed by atoms with van der Waals surface area (Å²) < 4.78 is 3.14. The lowest BCUT2D eigenvalue weighted by atomic mass is 10.0. The number of imidazole rings is 1. The van der Waals surface area contributed by atoms with E-state index in [1.165, 1.54) is 5.56 Å². The number of pyridine rings is 1. The van der Waals surface area contributed by atoms with Gasteiger partial charge in [0.05, 0.1) is 0 Å². The highest BCUT2D eigenvalue weighted by atomic mass is 79.9. The predicted octanol–water partition coefficient (Wildman–Crippen LogP) is 5.28. The van der Waals surface area contributed by atoms with Crippen LogP contribution in [0.1, 0.15) is 26.3 Å². The van der Waals surface area contributed by atoms with Gasteiger partial charge in [-0.2, -0.15) is 0 Å². The van der Waals surface area contributed by atoms with Crippen LogP contribution in [0.5, 0.6) is 0 Å². The SMILES string of the molecule is Cc1ccccc1-c1nc2ccc(Br)cn2c1NC(C)(C)C. The van der Waals surface area contributed by atoms with Crippen LogP contribution in [-0.2, 0) is 0 Å². The third kappa shape index (κ3) is 2.88. The van der Waals surface area contributed by atoms with E-state index in [-0.39, 0.29) is 5.54 Å². The molecule has 0 aliphatic rings. The van der Waals surface area contributed by atoms with Crippen molar-refractivity contribution in [3.63, 3.8) is 0 Å².